The largest absolute Gasteiger partial charge is 0.497 e. The van der Waals surface area contributed by atoms with Gasteiger partial charge in [-0.15, -0.1) is 0 Å². The van der Waals surface area contributed by atoms with Crippen LogP contribution in [0.1, 0.15) is 43.2 Å². The van der Waals surface area contributed by atoms with Crippen LogP contribution in [0.4, 0.5) is 0 Å². The summed E-state index contributed by atoms with van der Waals surface area (Å²) >= 11 is 0. The van der Waals surface area contributed by atoms with Crippen LogP contribution in [-0.2, 0) is 4.79 Å². The van der Waals surface area contributed by atoms with Crippen LogP contribution in [0.25, 0.3) is 22.1 Å². The Morgan fingerprint density at radius 1 is 0.975 bits per heavy atom. The minimum absolute atomic E-state index is 0.0555. The van der Waals surface area contributed by atoms with E-state index in [0.717, 1.165) is 37.1 Å². The van der Waals surface area contributed by atoms with Gasteiger partial charge in [0.1, 0.15) is 22.8 Å². The first-order chi connectivity index (χ1) is 19.4. The van der Waals surface area contributed by atoms with Gasteiger partial charge >= 0.3 is 5.63 Å². The van der Waals surface area contributed by atoms with Gasteiger partial charge in [0.25, 0.3) is 0 Å². The van der Waals surface area contributed by atoms with Crippen LogP contribution < -0.4 is 19.8 Å². The highest BCUT2D eigenvalue weighted by molar-refractivity contribution is 6.01. The predicted molar refractivity (Wildman–Crippen MR) is 155 cm³/mol. The van der Waals surface area contributed by atoms with Crippen LogP contribution in [0.2, 0.25) is 0 Å². The third-order valence-corrected chi connectivity index (χ3v) is 7.76. The Balaban J connectivity index is 1.76. The lowest BCUT2D eigenvalue weighted by atomic mass is 9.84. The molecule has 1 unspecified atom stereocenters. The number of benzene rings is 3. The Bertz CT molecular complexity index is 1540. The summed E-state index contributed by atoms with van der Waals surface area (Å²) in [5.74, 6) is 1.78. The van der Waals surface area contributed by atoms with E-state index < -0.39 is 11.5 Å². The van der Waals surface area contributed by atoms with E-state index in [4.69, 9.17) is 18.6 Å². The molecule has 0 radical (unpaired) electrons. The molecule has 1 aliphatic rings. The van der Waals surface area contributed by atoms with Crippen LogP contribution in [0.15, 0.2) is 75.9 Å². The second-order valence-corrected chi connectivity index (χ2v) is 10.4. The van der Waals surface area contributed by atoms with Crippen LogP contribution in [0.3, 0.4) is 0 Å². The zero-order valence-electron chi connectivity index (χ0n) is 23.4. The standard InChI is InChI=1S/C33H35NO6/c1-21-9-8-16-34(20-21)29(35)17-25(23-12-14-24(37-2)15-13-23)31-27(38-3)19-28(39-4)32-26(18-30(36)40-33(31)32)22-10-6-5-7-11-22/h5-7,10-15,18-19,21,25H,8-9,16-17,20H2,1-4H3/t21?,25-/m1/s1. The number of piperidine rings is 1. The highest BCUT2D eigenvalue weighted by Crippen LogP contribution is 2.46. The van der Waals surface area contributed by atoms with Gasteiger partial charge in [0.15, 0.2) is 0 Å². The van der Waals surface area contributed by atoms with E-state index in [2.05, 4.69) is 6.92 Å². The first-order valence-electron chi connectivity index (χ1n) is 13.6. The van der Waals surface area contributed by atoms with Crippen molar-refractivity contribution in [1.29, 1.82) is 0 Å². The number of fused-ring (bicyclic) bond motifs is 1. The minimum atomic E-state index is -0.493. The molecule has 0 bridgehead atoms. The van der Waals surface area contributed by atoms with Gasteiger partial charge in [-0.1, -0.05) is 49.4 Å². The third-order valence-electron chi connectivity index (χ3n) is 7.76. The highest BCUT2D eigenvalue weighted by atomic mass is 16.5. The van der Waals surface area contributed by atoms with Gasteiger partial charge in [0, 0.05) is 48.7 Å². The number of carbonyl (C=O) groups is 1. The second kappa shape index (κ2) is 11.9. The first-order valence-corrected chi connectivity index (χ1v) is 13.6. The molecule has 7 heteroatoms. The number of hydrogen-bond donors (Lipinski definition) is 0. The third kappa shape index (κ3) is 5.41. The number of ether oxygens (including phenoxy) is 3. The Hall–Kier alpha value is -4.26. The number of amides is 1. The predicted octanol–water partition coefficient (Wildman–Crippen LogP) is 6.27. The lowest BCUT2D eigenvalue weighted by Gasteiger charge is -2.32. The van der Waals surface area contributed by atoms with Gasteiger partial charge in [0.2, 0.25) is 5.91 Å². The van der Waals surface area contributed by atoms with Crippen LogP contribution in [0, 0.1) is 5.92 Å². The van der Waals surface area contributed by atoms with Gasteiger partial charge in [-0.05, 0) is 42.0 Å². The van der Waals surface area contributed by atoms with E-state index in [-0.39, 0.29) is 12.3 Å². The fourth-order valence-corrected chi connectivity index (χ4v) is 5.76. The Morgan fingerprint density at radius 2 is 1.70 bits per heavy atom. The molecule has 1 aliphatic heterocycles. The van der Waals surface area contributed by atoms with Crippen molar-refractivity contribution in [1.82, 2.24) is 4.90 Å². The monoisotopic (exact) mass is 541 g/mol. The summed E-state index contributed by atoms with van der Waals surface area (Å²) in [5.41, 5.74) is 2.93. The summed E-state index contributed by atoms with van der Waals surface area (Å²) in [4.78, 5) is 28.8. The molecular weight excluding hydrogens is 506 g/mol. The summed E-state index contributed by atoms with van der Waals surface area (Å²) in [5, 5.41) is 0.654. The smallest absolute Gasteiger partial charge is 0.336 e. The first kappa shape index (κ1) is 27.3. The summed E-state index contributed by atoms with van der Waals surface area (Å²) in [6, 6.07) is 20.6. The average molecular weight is 542 g/mol. The van der Waals surface area contributed by atoms with Gasteiger partial charge in [-0.25, -0.2) is 4.79 Å². The molecule has 208 valence electrons. The van der Waals surface area contributed by atoms with Crippen LogP contribution in [-0.4, -0.2) is 45.2 Å². The summed E-state index contributed by atoms with van der Waals surface area (Å²) < 4.78 is 23.0. The molecule has 1 amide bonds. The van der Waals surface area contributed by atoms with Crippen molar-refractivity contribution in [2.75, 3.05) is 34.4 Å². The molecule has 0 spiro atoms. The molecule has 1 aromatic heterocycles. The van der Waals surface area contributed by atoms with Crippen molar-refractivity contribution in [3.8, 4) is 28.4 Å². The van der Waals surface area contributed by atoms with Crippen molar-refractivity contribution < 1.29 is 23.4 Å². The van der Waals surface area contributed by atoms with Gasteiger partial charge < -0.3 is 23.5 Å². The maximum Gasteiger partial charge on any atom is 0.336 e. The molecule has 2 heterocycles. The minimum Gasteiger partial charge on any atom is -0.497 e. The molecule has 7 nitrogen and oxygen atoms in total. The van der Waals surface area contributed by atoms with Crippen molar-refractivity contribution in [3.05, 3.63) is 88.3 Å². The molecule has 0 saturated carbocycles. The molecule has 40 heavy (non-hydrogen) atoms. The maximum absolute atomic E-state index is 13.8. The highest BCUT2D eigenvalue weighted by Gasteiger charge is 2.31. The van der Waals surface area contributed by atoms with E-state index >= 15 is 0 Å². The Labute approximate surface area is 234 Å². The molecule has 2 atom stereocenters. The van der Waals surface area contributed by atoms with Crippen molar-refractivity contribution in [3.63, 3.8) is 0 Å². The summed E-state index contributed by atoms with van der Waals surface area (Å²) in [6.07, 6.45) is 2.30. The zero-order chi connectivity index (χ0) is 28.2. The lowest BCUT2D eigenvalue weighted by molar-refractivity contribution is -0.133. The average Bonchev–Trinajstić information content (AvgIpc) is 2.99. The number of nitrogens with zero attached hydrogens (tertiary/aromatic N) is 1. The Morgan fingerprint density at radius 3 is 2.35 bits per heavy atom. The molecule has 3 aromatic carbocycles. The second-order valence-electron chi connectivity index (χ2n) is 10.4. The molecule has 1 saturated heterocycles. The van der Waals surface area contributed by atoms with E-state index in [1.807, 2.05) is 65.6 Å². The van der Waals surface area contributed by atoms with E-state index in [9.17, 15) is 9.59 Å². The normalized spacial score (nSPS) is 16.0. The number of methoxy groups -OCH3 is 3. The van der Waals surface area contributed by atoms with Crippen molar-refractivity contribution in [2.24, 2.45) is 5.92 Å². The lowest BCUT2D eigenvalue weighted by Crippen LogP contribution is -2.39. The molecule has 0 N–H and O–H groups in total. The fraction of sp³-hybridized carbons (Fsp3) is 0.333. The summed E-state index contributed by atoms with van der Waals surface area (Å²) in [6.45, 7) is 3.66. The molecule has 1 fully saturated rings. The molecule has 4 aromatic rings. The van der Waals surface area contributed by atoms with Crippen molar-refractivity contribution in [2.45, 2.75) is 32.1 Å². The fourth-order valence-electron chi connectivity index (χ4n) is 5.76. The molecule has 0 aliphatic carbocycles. The number of hydrogen-bond acceptors (Lipinski definition) is 6. The maximum atomic E-state index is 13.8. The number of carbonyl (C=O) groups excluding carboxylic acids is 1. The van der Waals surface area contributed by atoms with Gasteiger partial charge in [0.05, 0.1) is 26.7 Å². The molecular formula is C33H35NO6. The van der Waals surface area contributed by atoms with E-state index in [1.165, 1.54) is 6.07 Å². The SMILES string of the molecule is COc1ccc([C@@H](CC(=O)N2CCCC(C)C2)c2c(OC)cc(OC)c3c(-c4ccccc4)cc(=O)oc23)cc1. The van der Waals surface area contributed by atoms with Crippen LogP contribution in [0.5, 0.6) is 17.2 Å². The quantitative estimate of drug-likeness (QED) is 0.245. The van der Waals surface area contributed by atoms with Gasteiger partial charge in [-0.2, -0.15) is 0 Å². The van der Waals surface area contributed by atoms with E-state index in [1.54, 1.807) is 21.3 Å². The number of rotatable bonds is 8. The molecule has 5 rings (SSSR count). The zero-order valence-corrected chi connectivity index (χ0v) is 23.4. The van der Waals surface area contributed by atoms with Gasteiger partial charge in [-0.3, -0.25) is 4.79 Å². The Kier molecular flexibility index (Phi) is 8.10. The number of likely N-dealkylation sites (tertiary alicyclic amines) is 1. The van der Waals surface area contributed by atoms with Crippen LogP contribution >= 0.6 is 0 Å². The topological polar surface area (TPSA) is 78.2 Å². The summed E-state index contributed by atoms with van der Waals surface area (Å²) in [7, 11) is 4.77. The van der Waals surface area contributed by atoms with Crippen molar-refractivity contribution >= 4 is 16.9 Å². The van der Waals surface area contributed by atoms with E-state index in [0.29, 0.717) is 45.3 Å².